The van der Waals surface area contributed by atoms with Gasteiger partial charge in [-0.2, -0.15) is 0 Å². The van der Waals surface area contributed by atoms with Crippen LogP contribution < -0.4 is 10.1 Å². The largest absolute Gasteiger partial charge is 0.508 e. The van der Waals surface area contributed by atoms with Gasteiger partial charge in [0.25, 0.3) is 0 Å². The molecule has 0 bridgehead atoms. The maximum absolute atomic E-state index is 9.55. The lowest BCUT2D eigenvalue weighted by atomic mass is 10.1. The summed E-state index contributed by atoms with van der Waals surface area (Å²) in [5.41, 5.74) is 4.57. The molecule has 0 aliphatic rings. The third kappa shape index (κ3) is 3.34. The molecule has 0 aliphatic heterocycles. The number of aromatic nitrogens is 3. The van der Waals surface area contributed by atoms with Crippen LogP contribution in [-0.2, 0) is 6.54 Å². The SMILES string of the molecule is COc1ccc(CNc2nccn3c(-c4ccc(O)cc4)c(C)nc23)cc1Cl. The first-order valence-electron chi connectivity index (χ1n) is 8.76. The number of fused-ring (bicyclic) bond motifs is 1. The van der Waals surface area contributed by atoms with Crippen molar-refractivity contribution in [1.29, 1.82) is 0 Å². The zero-order valence-corrected chi connectivity index (χ0v) is 16.2. The van der Waals surface area contributed by atoms with Crippen LogP contribution in [0.3, 0.4) is 0 Å². The highest BCUT2D eigenvalue weighted by Crippen LogP contribution is 2.29. The van der Waals surface area contributed by atoms with Crippen LogP contribution in [0.25, 0.3) is 16.9 Å². The van der Waals surface area contributed by atoms with Gasteiger partial charge < -0.3 is 15.2 Å². The number of imidazole rings is 1. The van der Waals surface area contributed by atoms with Gasteiger partial charge in [-0.1, -0.05) is 17.7 Å². The van der Waals surface area contributed by atoms with Gasteiger partial charge in [0.05, 0.1) is 23.5 Å². The van der Waals surface area contributed by atoms with Crippen LogP contribution in [0.15, 0.2) is 54.9 Å². The summed E-state index contributed by atoms with van der Waals surface area (Å²) in [6.45, 7) is 2.51. The van der Waals surface area contributed by atoms with Gasteiger partial charge in [0.1, 0.15) is 11.5 Å². The van der Waals surface area contributed by atoms with Crippen molar-refractivity contribution < 1.29 is 9.84 Å². The summed E-state index contributed by atoms with van der Waals surface area (Å²) in [6.07, 6.45) is 3.62. The number of phenolic OH excluding ortho intramolecular Hbond substituents is 1. The van der Waals surface area contributed by atoms with Gasteiger partial charge in [-0.05, 0) is 48.9 Å². The lowest BCUT2D eigenvalue weighted by Gasteiger charge is -2.09. The fourth-order valence-electron chi connectivity index (χ4n) is 3.19. The van der Waals surface area contributed by atoms with Crippen LogP contribution in [-0.4, -0.2) is 26.6 Å². The Hall–Kier alpha value is -3.25. The second-order valence-electron chi connectivity index (χ2n) is 6.38. The number of methoxy groups -OCH3 is 1. The molecule has 0 aliphatic carbocycles. The topological polar surface area (TPSA) is 71.7 Å². The van der Waals surface area contributed by atoms with E-state index in [1.54, 1.807) is 25.4 Å². The van der Waals surface area contributed by atoms with Gasteiger partial charge in [0, 0.05) is 24.5 Å². The summed E-state index contributed by atoms with van der Waals surface area (Å²) in [4.78, 5) is 9.15. The number of hydrogen-bond acceptors (Lipinski definition) is 5. The van der Waals surface area contributed by atoms with Crippen molar-refractivity contribution in [3.63, 3.8) is 0 Å². The van der Waals surface area contributed by atoms with E-state index in [9.17, 15) is 5.11 Å². The molecule has 7 heteroatoms. The molecule has 0 fully saturated rings. The lowest BCUT2D eigenvalue weighted by Crippen LogP contribution is -2.04. The first kappa shape index (κ1) is 18.1. The fraction of sp³-hybridized carbons (Fsp3) is 0.143. The van der Waals surface area contributed by atoms with Crippen LogP contribution in [0.5, 0.6) is 11.5 Å². The quantitative estimate of drug-likeness (QED) is 0.514. The number of rotatable bonds is 5. The number of ether oxygens (including phenoxy) is 1. The van der Waals surface area contributed by atoms with E-state index < -0.39 is 0 Å². The normalized spacial score (nSPS) is 11.0. The Bertz CT molecular complexity index is 1140. The average molecular weight is 395 g/mol. The standard InChI is InChI=1S/C21H19ClN4O2/c1-13-19(15-4-6-16(27)7-5-15)26-10-9-23-20(21(26)25-13)24-12-14-3-8-18(28-2)17(22)11-14/h3-11,27H,12H2,1-2H3,(H,23,24). The summed E-state index contributed by atoms with van der Waals surface area (Å²) in [5, 5.41) is 13.5. The molecule has 4 aromatic rings. The van der Waals surface area contributed by atoms with E-state index >= 15 is 0 Å². The molecule has 142 valence electrons. The van der Waals surface area contributed by atoms with E-state index in [1.807, 2.05) is 47.9 Å². The van der Waals surface area contributed by atoms with Crippen molar-refractivity contribution in [1.82, 2.24) is 14.4 Å². The molecule has 0 spiro atoms. The Labute approximate surface area is 167 Å². The van der Waals surface area contributed by atoms with Crippen molar-refractivity contribution in [3.8, 4) is 22.8 Å². The van der Waals surface area contributed by atoms with Crippen molar-refractivity contribution in [2.24, 2.45) is 0 Å². The first-order valence-corrected chi connectivity index (χ1v) is 9.14. The van der Waals surface area contributed by atoms with Crippen LogP contribution in [0.4, 0.5) is 5.82 Å². The highest BCUT2D eigenvalue weighted by atomic mass is 35.5. The zero-order valence-electron chi connectivity index (χ0n) is 15.5. The molecule has 0 saturated carbocycles. The molecule has 2 N–H and O–H groups in total. The number of aromatic hydroxyl groups is 1. The number of hydrogen-bond donors (Lipinski definition) is 2. The molecule has 0 amide bonds. The average Bonchev–Trinajstić information content (AvgIpc) is 3.03. The van der Waals surface area contributed by atoms with Crippen molar-refractivity contribution in [2.45, 2.75) is 13.5 Å². The van der Waals surface area contributed by atoms with Crippen molar-refractivity contribution in [2.75, 3.05) is 12.4 Å². The fourth-order valence-corrected chi connectivity index (χ4v) is 3.47. The van der Waals surface area contributed by atoms with Gasteiger partial charge in [-0.25, -0.2) is 9.97 Å². The third-order valence-corrected chi connectivity index (χ3v) is 4.83. The molecule has 0 unspecified atom stereocenters. The summed E-state index contributed by atoms with van der Waals surface area (Å²) >= 11 is 6.21. The lowest BCUT2D eigenvalue weighted by molar-refractivity contribution is 0.415. The number of nitrogens with one attached hydrogen (secondary N) is 1. The minimum absolute atomic E-state index is 0.234. The van der Waals surface area contributed by atoms with Crippen LogP contribution >= 0.6 is 11.6 Å². The maximum Gasteiger partial charge on any atom is 0.180 e. The number of aryl methyl sites for hydroxylation is 1. The smallest absolute Gasteiger partial charge is 0.180 e. The number of anilines is 1. The van der Waals surface area contributed by atoms with Crippen LogP contribution in [0, 0.1) is 6.92 Å². The molecule has 6 nitrogen and oxygen atoms in total. The van der Waals surface area contributed by atoms with Gasteiger partial charge >= 0.3 is 0 Å². The van der Waals surface area contributed by atoms with E-state index in [1.165, 1.54) is 0 Å². The molecule has 2 aromatic carbocycles. The number of halogens is 1. The minimum atomic E-state index is 0.234. The van der Waals surface area contributed by atoms with E-state index in [0.29, 0.717) is 23.1 Å². The summed E-state index contributed by atoms with van der Waals surface area (Å²) < 4.78 is 7.19. The van der Waals surface area contributed by atoms with Gasteiger partial charge in [-0.3, -0.25) is 4.40 Å². The number of benzene rings is 2. The van der Waals surface area contributed by atoms with E-state index in [2.05, 4.69) is 10.3 Å². The molecular formula is C21H19ClN4O2. The molecular weight excluding hydrogens is 376 g/mol. The van der Waals surface area contributed by atoms with E-state index in [4.69, 9.17) is 21.3 Å². The number of nitrogens with zero attached hydrogens (tertiary/aromatic N) is 3. The summed E-state index contributed by atoms with van der Waals surface area (Å²) in [5.74, 6) is 1.56. The molecule has 28 heavy (non-hydrogen) atoms. The van der Waals surface area contributed by atoms with Gasteiger partial charge in [0.2, 0.25) is 0 Å². The van der Waals surface area contributed by atoms with Gasteiger partial charge in [0.15, 0.2) is 11.5 Å². The monoisotopic (exact) mass is 394 g/mol. The highest BCUT2D eigenvalue weighted by molar-refractivity contribution is 6.32. The predicted molar refractivity (Wildman–Crippen MR) is 110 cm³/mol. The number of phenols is 1. The molecule has 0 atom stereocenters. The maximum atomic E-state index is 9.55. The predicted octanol–water partition coefficient (Wildman–Crippen LogP) is 4.68. The minimum Gasteiger partial charge on any atom is -0.508 e. The van der Waals surface area contributed by atoms with Gasteiger partial charge in [-0.15, -0.1) is 0 Å². The van der Waals surface area contributed by atoms with Crippen molar-refractivity contribution >= 4 is 23.1 Å². The highest BCUT2D eigenvalue weighted by Gasteiger charge is 2.14. The van der Waals surface area contributed by atoms with Crippen LogP contribution in [0.2, 0.25) is 5.02 Å². The Balaban J connectivity index is 1.66. The van der Waals surface area contributed by atoms with Crippen molar-refractivity contribution in [3.05, 3.63) is 71.1 Å². The Morgan fingerprint density at radius 2 is 1.96 bits per heavy atom. The zero-order chi connectivity index (χ0) is 19.7. The van der Waals surface area contributed by atoms with E-state index in [0.717, 1.165) is 28.2 Å². The second-order valence-corrected chi connectivity index (χ2v) is 6.79. The molecule has 0 saturated heterocycles. The second kappa shape index (κ2) is 7.40. The molecule has 2 aromatic heterocycles. The van der Waals surface area contributed by atoms with E-state index in [-0.39, 0.29) is 5.75 Å². The Morgan fingerprint density at radius 1 is 1.18 bits per heavy atom. The first-order chi connectivity index (χ1) is 13.6. The van der Waals surface area contributed by atoms with Crippen LogP contribution in [0.1, 0.15) is 11.3 Å². The molecule has 2 heterocycles. The summed E-state index contributed by atoms with van der Waals surface area (Å²) in [7, 11) is 1.59. The molecule has 0 radical (unpaired) electrons. The Kier molecular flexibility index (Phi) is 4.79. The summed E-state index contributed by atoms with van der Waals surface area (Å²) in [6, 6.07) is 12.7. The third-order valence-electron chi connectivity index (χ3n) is 4.53. The Morgan fingerprint density at radius 3 is 2.68 bits per heavy atom. The molecule has 4 rings (SSSR count).